The first-order valence-electron chi connectivity index (χ1n) is 21.8. The molecular formula is C40H81F2NO24. The molecule has 0 saturated heterocycles. The number of aliphatic hydroxyl groups is 19. The van der Waals surface area contributed by atoms with E-state index >= 15 is 0 Å². The van der Waals surface area contributed by atoms with Crippen molar-refractivity contribution < 1.29 is 129 Å². The van der Waals surface area contributed by atoms with Crippen LogP contribution in [-0.2, 0) is 23.7 Å². The largest absolute Gasteiger partial charge is 0.396 e. The van der Waals surface area contributed by atoms with E-state index in [0.29, 0.717) is 0 Å². The van der Waals surface area contributed by atoms with Gasteiger partial charge >= 0.3 is 0 Å². The lowest BCUT2D eigenvalue weighted by Gasteiger charge is -2.41. The standard InChI is InChI=1S/C40H81F2NO24/c1-15(8-44)20(6)31(29(56)35(58)63-14-40(41,42)13-43)64-37(60)30(57)32(21(7)16(2)9-45)65-38(61)34(27(54)24(51)19(5)12-48)67-39(62)33(26(53)23(50)18(4)11-47)66-36(59)28(55)25(52)22(49)17(3)10-46/h15-39,44-62H,8-14,43H2,1-7H3. The summed E-state index contributed by atoms with van der Waals surface area (Å²) in [6.07, 6.45) is -42.6. The van der Waals surface area contributed by atoms with E-state index in [2.05, 4.69) is 4.74 Å². The lowest BCUT2D eigenvalue weighted by molar-refractivity contribution is -0.334. The lowest BCUT2D eigenvalue weighted by Crippen LogP contribution is -2.58. The van der Waals surface area contributed by atoms with Crippen LogP contribution in [0, 0.1) is 41.4 Å². The summed E-state index contributed by atoms with van der Waals surface area (Å²) in [5, 5.41) is 202. The average molecular weight is 998 g/mol. The number of alkyl halides is 2. The number of hydrogen-bond acceptors (Lipinski definition) is 25. The first-order chi connectivity index (χ1) is 31.0. The number of halogens is 2. The first-order valence-corrected chi connectivity index (χ1v) is 21.8. The maximum atomic E-state index is 13.8. The number of hydrogen-bond donors (Lipinski definition) is 20. The summed E-state index contributed by atoms with van der Waals surface area (Å²) >= 11 is 0. The summed E-state index contributed by atoms with van der Waals surface area (Å²) in [5.74, 6) is -11.2. The summed E-state index contributed by atoms with van der Waals surface area (Å²) in [6.45, 7) is 2.91. The fourth-order valence-corrected chi connectivity index (χ4v) is 6.39. The Hall–Kier alpha value is -1.14. The highest BCUT2D eigenvalue weighted by Crippen LogP contribution is 2.31. The molecule has 0 heterocycles. The molecule has 0 rings (SSSR count). The van der Waals surface area contributed by atoms with Crippen LogP contribution in [0.2, 0.25) is 0 Å². The van der Waals surface area contributed by atoms with Gasteiger partial charge in [-0.15, -0.1) is 0 Å². The Kier molecular flexibility index (Phi) is 30.8. The fraction of sp³-hybridized carbons (Fsp3) is 1.00. The molecule has 0 fully saturated rings. The predicted molar refractivity (Wildman–Crippen MR) is 223 cm³/mol. The average Bonchev–Trinajstić information content (AvgIpc) is 3.32. The van der Waals surface area contributed by atoms with Crippen molar-refractivity contribution >= 4 is 0 Å². The van der Waals surface area contributed by atoms with Crippen LogP contribution in [0.4, 0.5) is 8.78 Å². The van der Waals surface area contributed by atoms with Gasteiger partial charge in [0.1, 0.15) is 55.4 Å². The molecule has 21 N–H and O–H groups in total. The number of nitrogens with two attached hydrogens (primary N) is 1. The minimum absolute atomic E-state index is 0.579. The van der Waals surface area contributed by atoms with Crippen LogP contribution in [0.15, 0.2) is 0 Å². The molecule has 0 aliphatic carbocycles. The Morgan fingerprint density at radius 1 is 0.358 bits per heavy atom. The minimum atomic E-state index is -3.65. The molecular weight excluding hydrogens is 916 g/mol. The molecule has 0 bridgehead atoms. The summed E-state index contributed by atoms with van der Waals surface area (Å²) in [7, 11) is 0. The zero-order valence-corrected chi connectivity index (χ0v) is 38.8. The lowest BCUT2D eigenvalue weighted by atomic mass is 9.86. The van der Waals surface area contributed by atoms with Crippen LogP contribution in [0.3, 0.4) is 0 Å². The van der Waals surface area contributed by atoms with E-state index in [1.54, 1.807) is 0 Å². The Bertz CT molecular complexity index is 1290. The van der Waals surface area contributed by atoms with Crippen LogP contribution in [0.5, 0.6) is 0 Å². The van der Waals surface area contributed by atoms with Crippen molar-refractivity contribution in [3.63, 3.8) is 0 Å². The Morgan fingerprint density at radius 3 is 0.985 bits per heavy atom. The van der Waals surface area contributed by atoms with Crippen molar-refractivity contribution in [3.05, 3.63) is 0 Å². The van der Waals surface area contributed by atoms with Gasteiger partial charge < -0.3 is 126 Å². The van der Waals surface area contributed by atoms with Gasteiger partial charge in [-0.3, -0.25) is 0 Å². The highest BCUT2D eigenvalue weighted by Gasteiger charge is 2.48. The predicted octanol–water partition coefficient (Wildman–Crippen LogP) is -7.61. The third-order valence-corrected chi connectivity index (χ3v) is 12.2. The molecule has 0 aromatic rings. The third-order valence-electron chi connectivity index (χ3n) is 12.2. The second-order valence-corrected chi connectivity index (χ2v) is 17.7. The van der Waals surface area contributed by atoms with Gasteiger partial charge in [0, 0.05) is 50.8 Å². The molecule has 0 saturated carbocycles. The van der Waals surface area contributed by atoms with Crippen molar-refractivity contribution in [3.8, 4) is 0 Å². The van der Waals surface area contributed by atoms with Gasteiger partial charge in [-0.2, -0.15) is 0 Å². The van der Waals surface area contributed by atoms with E-state index in [1.807, 2.05) is 0 Å². The second-order valence-electron chi connectivity index (χ2n) is 17.7. The highest BCUT2D eigenvalue weighted by molar-refractivity contribution is 4.90. The third kappa shape index (κ3) is 19.8. The van der Waals surface area contributed by atoms with E-state index in [4.69, 9.17) is 24.7 Å². The molecule has 27 heteroatoms. The van der Waals surface area contributed by atoms with Crippen molar-refractivity contribution in [1.29, 1.82) is 0 Å². The van der Waals surface area contributed by atoms with Crippen LogP contribution in [0.1, 0.15) is 48.5 Å². The fourth-order valence-electron chi connectivity index (χ4n) is 6.39. The van der Waals surface area contributed by atoms with Gasteiger partial charge in [-0.25, -0.2) is 8.78 Å². The Balaban J connectivity index is 7.31. The molecule has 0 aromatic carbocycles. The van der Waals surface area contributed by atoms with E-state index < -0.39 is 204 Å². The molecule has 0 aromatic heterocycles. The number of rotatable bonds is 37. The number of aliphatic hydroxyl groups excluding tert-OH is 19. The van der Waals surface area contributed by atoms with E-state index in [9.17, 15) is 106 Å². The number of ether oxygens (including phenoxy) is 5. The van der Waals surface area contributed by atoms with Gasteiger partial charge in [-0.05, 0) is 23.7 Å². The van der Waals surface area contributed by atoms with Crippen molar-refractivity contribution in [2.45, 2.75) is 165 Å². The molecule has 67 heavy (non-hydrogen) atoms. The zero-order valence-electron chi connectivity index (χ0n) is 38.8. The van der Waals surface area contributed by atoms with Crippen LogP contribution >= 0.6 is 0 Å². The van der Waals surface area contributed by atoms with Crippen LogP contribution in [0.25, 0.3) is 0 Å². The maximum absolute atomic E-state index is 13.8. The van der Waals surface area contributed by atoms with E-state index in [1.165, 1.54) is 48.5 Å². The van der Waals surface area contributed by atoms with Crippen molar-refractivity contribution in [2.75, 3.05) is 46.2 Å². The maximum Gasteiger partial charge on any atom is 0.283 e. The monoisotopic (exact) mass is 998 g/mol. The summed E-state index contributed by atoms with van der Waals surface area (Å²) in [5.41, 5.74) is 4.99. The molecule has 0 aliphatic rings. The van der Waals surface area contributed by atoms with Crippen LogP contribution < -0.4 is 5.73 Å². The van der Waals surface area contributed by atoms with Gasteiger partial charge in [0.2, 0.25) is 0 Å². The molecule has 25 unspecified atom stereocenters. The molecule has 0 amide bonds. The van der Waals surface area contributed by atoms with Crippen LogP contribution in [-0.4, -0.2) is 260 Å². The zero-order chi connectivity index (χ0) is 52.4. The SMILES string of the molecule is CC(CO)C(C)C(OC(O)C(O)C(OC(O)C(OC(O)C(OC(O)C(O)C(O)C(O)C(C)CO)C(O)C(O)C(C)CO)C(O)C(O)C(C)CO)C(C)C(C)CO)C(O)C(O)OCC(F)(F)CN. The summed E-state index contributed by atoms with van der Waals surface area (Å²) in [6, 6.07) is 0. The first kappa shape index (κ1) is 65.9. The molecule has 0 spiro atoms. The minimum Gasteiger partial charge on any atom is -0.396 e. The summed E-state index contributed by atoms with van der Waals surface area (Å²) < 4.78 is 54.2. The second kappa shape index (κ2) is 31.3. The quantitative estimate of drug-likeness (QED) is 0.0257. The van der Waals surface area contributed by atoms with Crippen molar-refractivity contribution in [2.24, 2.45) is 47.2 Å². The summed E-state index contributed by atoms with van der Waals surface area (Å²) in [4.78, 5) is 0. The van der Waals surface area contributed by atoms with E-state index in [-0.39, 0.29) is 0 Å². The van der Waals surface area contributed by atoms with E-state index in [0.717, 1.165) is 0 Å². The topological polar surface area (TPSA) is 457 Å². The smallest absolute Gasteiger partial charge is 0.283 e. The van der Waals surface area contributed by atoms with Crippen molar-refractivity contribution in [1.82, 2.24) is 0 Å². The molecule has 25 nitrogen and oxygen atoms in total. The normalized spacial score (nSPS) is 24.3. The van der Waals surface area contributed by atoms with Gasteiger partial charge in [0.15, 0.2) is 31.5 Å². The highest BCUT2D eigenvalue weighted by atomic mass is 19.3. The molecule has 404 valence electrons. The Labute approximate surface area is 387 Å². The molecule has 0 radical (unpaired) electrons. The Morgan fingerprint density at radius 2 is 0.642 bits per heavy atom. The molecule has 0 aliphatic heterocycles. The molecule has 25 atom stereocenters. The van der Waals surface area contributed by atoms with Gasteiger partial charge in [0.25, 0.3) is 5.92 Å². The van der Waals surface area contributed by atoms with Gasteiger partial charge in [-0.1, -0.05) is 48.5 Å². The van der Waals surface area contributed by atoms with Gasteiger partial charge in [0.05, 0.1) is 37.1 Å².